The van der Waals surface area contributed by atoms with Crippen LogP contribution in [0.4, 0.5) is 30.7 Å². The Morgan fingerprint density at radius 1 is 1.14 bits per heavy atom. The van der Waals surface area contributed by atoms with Crippen LogP contribution in [0.3, 0.4) is 0 Å². The zero-order valence-electron chi connectivity index (χ0n) is 11.4. The minimum absolute atomic E-state index is 0.0806. The number of esters is 1. The van der Waals surface area contributed by atoms with E-state index in [9.17, 15) is 35.5 Å². The van der Waals surface area contributed by atoms with Crippen molar-refractivity contribution >= 4 is 5.97 Å². The number of alkyl halides is 7. The fourth-order valence-corrected chi connectivity index (χ4v) is 1.75. The van der Waals surface area contributed by atoms with Gasteiger partial charge in [0.25, 0.3) is 0 Å². The highest BCUT2D eigenvalue weighted by Crippen LogP contribution is 2.47. The molecular weight excluding hydrogens is 327 g/mol. The monoisotopic (exact) mass is 341 g/mol. The van der Waals surface area contributed by atoms with Gasteiger partial charge < -0.3 is 9.47 Å². The van der Waals surface area contributed by atoms with Gasteiger partial charge in [-0.3, -0.25) is 4.90 Å². The molecule has 1 aliphatic rings. The molecule has 1 saturated heterocycles. The number of nitrogens with zero attached hydrogens (tertiary/aromatic N) is 1. The first-order valence-corrected chi connectivity index (χ1v) is 6.23. The normalized spacial score (nSPS) is 19.8. The van der Waals surface area contributed by atoms with Gasteiger partial charge in [-0.05, 0) is 6.92 Å². The van der Waals surface area contributed by atoms with Crippen molar-refractivity contribution in [2.75, 3.05) is 32.8 Å². The molecule has 0 amide bonds. The molecule has 0 spiro atoms. The van der Waals surface area contributed by atoms with Crippen molar-refractivity contribution < 1.29 is 45.0 Å². The van der Waals surface area contributed by atoms with Gasteiger partial charge >= 0.3 is 24.0 Å². The summed E-state index contributed by atoms with van der Waals surface area (Å²) in [5.74, 6) is -15.4. The van der Waals surface area contributed by atoms with Gasteiger partial charge in [0.1, 0.15) is 6.10 Å². The summed E-state index contributed by atoms with van der Waals surface area (Å²) < 4.78 is 96.3. The van der Waals surface area contributed by atoms with Crippen LogP contribution in [0.25, 0.3) is 0 Å². The van der Waals surface area contributed by atoms with Crippen molar-refractivity contribution in [1.82, 2.24) is 4.90 Å². The molecule has 11 heteroatoms. The Bertz CT molecular complexity index is 394. The van der Waals surface area contributed by atoms with E-state index in [4.69, 9.17) is 4.74 Å². The van der Waals surface area contributed by atoms with Crippen LogP contribution >= 0.6 is 0 Å². The molecule has 0 aromatic rings. The van der Waals surface area contributed by atoms with Crippen LogP contribution in [-0.2, 0) is 14.3 Å². The zero-order chi connectivity index (χ0) is 17.2. The van der Waals surface area contributed by atoms with Gasteiger partial charge in [0, 0.05) is 19.6 Å². The molecule has 0 aromatic heterocycles. The van der Waals surface area contributed by atoms with Crippen molar-refractivity contribution in [2.24, 2.45) is 0 Å². The second kappa shape index (κ2) is 6.57. The Morgan fingerprint density at radius 2 is 1.64 bits per heavy atom. The molecule has 0 aliphatic carbocycles. The number of hydrogen-bond acceptors (Lipinski definition) is 4. The van der Waals surface area contributed by atoms with Gasteiger partial charge in [-0.25, -0.2) is 4.79 Å². The van der Waals surface area contributed by atoms with Gasteiger partial charge in [-0.1, -0.05) is 0 Å². The smallest absolute Gasteiger partial charge is 0.457 e. The van der Waals surface area contributed by atoms with E-state index in [0.29, 0.717) is 26.3 Å². The number of carbonyl (C=O) groups excluding carboxylic acids is 1. The van der Waals surface area contributed by atoms with Crippen LogP contribution in [0.5, 0.6) is 0 Å². The molecular formula is C11H14F7NO3. The van der Waals surface area contributed by atoms with Crippen molar-refractivity contribution in [3.05, 3.63) is 0 Å². The quantitative estimate of drug-likeness (QED) is 0.567. The number of hydrogen-bond donors (Lipinski definition) is 0. The first-order chi connectivity index (χ1) is 9.89. The summed E-state index contributed by atoms with van der Waals surface area (Å²) in [7, 11) is 0. The molecule has 0 aromatic carbocycles. The summed E-state index contributed by atoms with van der Waals surface area (Å²) in [5, 5.41) is 0. The molecule has 1 atom stereocenters. The standard InChI is InChI=1S/C11H14F7NO3/c1-7(6-19-2-4-21-5-3-19)22-8(20)9(12,13)10(14,15)11(16,17)18/h7H,2-6H2,1H3. The maximum atomic E-state index is 13.1. The van der Waals surface area contributed by atoms with Gasteiger partial charge in [0.15, 0.2) is 0 Å². The van der Waals surface area contributed by atoms with Gasteiger partial charge in [0.05, 0.1) is 13.2 Å². The lowest BCUT2D eigenvalue weighted by atomic mass is 10.1. The highest BCUT2D eigenvalue weighted by molar-refractivity contribution is 5.79. The number of halogens is 7. The molecule has 1 unspecified atom stereocenters. The minimum atomic E-state index is -6.57. The number of carbonyl (C=O) groups is 1. The Hall–Kier alpha value is -1.10. The first-order valence-electron chi connectivity index (χ1n) is 6.23. The maximum absolute atomic E-state index is 13.1. The number of ether oxygens (including phenoxy) is 2. The lowest BCUT2D eigenvalue weighted by Gasteiger charge is -2.30. The van der Waals surface area contributed by atoms with Gasteiger partial charge in [-0.2, -0.15) is 30.7 Å². The molecule has 1 aliphatic heterocycles. The highest BCUT2D eigenvalue weighted by atomic mass is 19.4. The summed E-state index contributed by atoms with van der Waals surface area (Å²) in [5.41, 5.74) is 0. The average Bonchev–Trinajstić information content (AvgIpc) is 2.37. The topological polar surface area (TPSA) is 38.8 Å². The third-order valence-electron chi connectivity index (χ3n) is 2.93. The minimum Gasteiger partial charge on any atom is -0.457 e. The zero-order valence-corrected chi connectivity index (χ0v) is 11.4. The molecule has 0 N–H and O–H groups in total. The highest BCUT2D eigenvalue weighted by Gasteiger charge is 2.77. The predicted octanol–water partition coefficient (Wildman–Crippen LogP) is 2.08. The van der Waals surface area contributed by atoms with Gasteiger partial charge in [0.2, 0.25) is 0 Å². The first kappa shape index (κ1) is 18.9. The van der Waals surface area contributed by atoms with Crippen LogP contribution in [0, 0.1) is 0 Å². The van der Waals surface area contributed by atoms with E-state index in [-0.39, 0.29) is 6.54 Å². The Balaban J connectivity index is 2.66. The third kappa shape index (κ3) is 4.00. The van der Waals surface area contributed by atoms with E-state index in [1.54, 1.807) is 4.90 Å². The molecule has 1 heterocycles. The lowest BCUT2D eigenvalue weighted by Crippen LogP contribution is -2.57. The lowest BCUT2D eigenvalue weighted by molar-refractivity contribution is -0.349. The van der Waals surface area contributed by atoms with E-state index < -0.39 is 30.1 Å². The van der Waals surface area contributed by atoms with Crippen LogP contribution < -0.4 is 0 Å². The summed E-state index contributed by atoms with van der Waals surface area (Å²) in [6.45, 7) is 2.54. The maximum Gasteiger partial charge on any atom is 0.460 e. The molecule has 1 fully saturated rings. The van der Waals surface area contributed by atoms with Crippen LogP contribution in [0.1, 0.15) is 6.92 Å². The third-order valence-corrected chi connectivity index (χ3v) is 2.93. The summed E-state index contributed by atoms with van der Waals surface area (Å²) in [4.78, 5) is 12.7. The summed E-state index contributed by atoms with van der Waals surface area (Å²) in [6, 6.07) is 0. The predicted molar refractivity (Wildman–Crippen MR) is 58.8 cm³/mol. The van der Waals surface area contributed by atoms with Crippen LogP contribution in [0.15, 0.2) is 0 Å². The van der Waals surface area contributed by atoms with E-state index in [1.165, 1.54) is 0 Å². The fraction of sp³-hybridized carbons (Fsp3) is 0.909. The Morgan fingerprint density at radius 3 is 2.09 bits per heavy atom. The SMILES string of the molecule is CC(CN1CCOCC1)OC(=O)C(F)(F)C(F)(F)C(F)(F)F. The molecule has 0 radical (unpaired) electrons. The second-order valence-corrected chi connectivity index (χ2v) is 4.78. The van der Waals surface area contributed by atoms with Crippen molar-refractivity contribution in [3.8, 4) is 0 Å². The van der Waals surface area contributed by atoms with Crippen molar-refractivity contribution in [3.63, 3.8) is 0 Å². The fourth-order valence-electron chi connectivity index (χ4n) is 1.75. The summed E-state index contributed by atoms with van der Waals surface area (Å²) in [6.07, 6.45) is -7.84. The van der Waals surface area contributed by atoms with Crippen molar-refractivity contribution in [1.29, 1.82) is 0 Å². The van der Waals surface area contributed by atoms with E-state index in [1.807, 2.05) is 0 Å². The van der Waals surface area contributed by atoms with E-state index >= 15 is 0 Å². The number of morpholine rings is 1. The molecule has 4 nitrogen and oxygen atoms in total. The second-order valence-electron chi connectivity index (χ2n) is 4.78. The Labute approximate surface area is 121 Å². The average molecular weight is 341 g/mol. The van der Waals surface area contributed by atoms with E-state index in [0.717, 1.165) is 6.92 Å². The Kier molecular flexibility index (Phi) is 5.66. The molecule has 130 valence electrons. The molecule has 22 heavy (non-hydrogen) atoms. The van der Waals surface area contributed by atoms with Crippen molar-refractivity contribution in [2.45, 2.75) is 31.0 Å². The molecule has 0 saturated carbocycles. The molecule has 1 rings (SSSR count). The largest absolute Gasteiger partial charge is 0.460 e. The molecule has 0 bridgehead atoms. The van der Waals surface area contributed by atoms with Crippen LogP contribution in [0.2, 0.25) is 0 Å². The van der Waals surface area contributed by atoms with E-state index in [2.05, 4.69) is 4.74 Å². The van der Waals surface area contributed by atoms with Crippen LogP contribution in [-0.4, -0.2) is 67.8 Å². The number of rotatable bonds is 5. The summed E-state index contributed by atoms with van der Waals surface area (Å²) >= 11 is 0. The van der Waals surface area contributed by atoms with Gasteiger partial charge in [-0.15, -0.1) is 0 Å².